The van der Waals surface area contributed by atoms with Crippen LogP contribution in [-0.4, -0.2) is 74.9 Å². The fourth-order valence-corrected chi connectivity index (χ4v) is 10.1. The van der Waals surface area contributed by atoms with Gasteiger partial charge in [0.05, 0.1) is 27.7 Å². The second kappa shape index (κ2) is 73.6. The summed E-state index contributed by atoms with van der Waals surface area (Å²) in [7, 11) is 1.42. The zero-order valence-electron chi connectivity index (χ0n) is 61.3. The highest BCUT2D eigenvalue weighted by molar-refractivity contribution is 7.47. The molecular weight excluding hydrogens is 1210 g/mol. The number of quaternary nitrogens is 1. The van der Waals surface area contributed by atoms with E-state index < -0.39 is 26.5 Å². The molecule has 9 nitrogen and oxygen atoms in total. The van der Waals surface area contributed by atoms with Crippen LogP contribution in [0.25, 0.3) is 0 Å². The lowest BCUT2D eigenvalue weighted by Crippen LogP contribution is -2.37. The molecule has 0 aliphatic carbocycles. The van der Waals surface area contributed by atoms with Gasteiger partial charge >= 0.3 is 19.8 Å². The smallest absolute Gasteiger partial charge is 0.462 e. The Morgan fingerprint density at radius 1 is 0.323 bits per heavy atom. The summed E-state index contributed by atoms with van der Waals surface area (Å²) >= 11 is 0. The fourth-order valence-electron chi connectivity index (χ4n) is 9.35. The highest BCUT2D eigenvalue weighted by atomic mass is 31.2. The average Bonchev–Trinajstić information content (AvgIpc) is 1.98. The molecule has 0 spiro atoms. The third-order valence-corrected chi connectivity index (χ3v) is 16.0. The molecule has 0 fully saturated rings. The van der Waals surface area contributed by atoms with E-state index in [0.717, 1.165) is 154 Å². The maximum Gasteiger partial charge on any atom is 0.472 e. The number of unbranched alkanes of at least 4 members (excludes halogenated alkanes) is 16. The minimum atomic E-state index is -4.42. The van der Waals surface area contributed by atoms with Gasteiger partial charge in [0.1, 0.15) is 19.8 Å². The van der Waals surface area contributed by atoms with Gasteiger partial charge in [-0.05, 0) is 154 Å². The zero-order chi connectivity index (χ0) is 69.7. The molecule has 0 amide bonds. The molecule has 0 aromatic carbocycles. The number of likely N-dealkylation sites (N-methyl/N-ethyl adjacent to an activating group) is 1. The molecule has 0 bridgehead atoms. The molecule has 0 aromatic heterocycles. The van der Waals surface area contributed by atoms with Crippen LogP contribution in [0.2, 0.25) is 0 Å². The lowest BCUT2D eigenvalue weighted by molar-refractivity contribution is -0.870. The lowest BCUT2D eigenvalue weighted by atomic mass is 10.0. The summed E-state index contributed by atoms with van der Waals surface area (Å²) in [5.41, 5.74) is 0. The highest BCUT2D eigenvalue weighted by Gasteiger charge is 2.27. The van der Waals surface area contributed by atoms with Crippen LogP contribution >= 0.6 is 7.82 Å². The van der Waals surface area contributed by atoms with Crippen LogP contribution in [0.3, 0.4) is 0 Å². The summed E-state index contributed by atoms with van der Waals surface area (Å²) in [6.07, 6.45) is 118. The molecule has 10 heteroatoms. The minimum absolute atomic E-state index is 0.0116. The number of hydrogen-bond donors (Lipinski definition) is 1. The lowest BCUT2D eigenvalue weighted by Gasteiger charge is -2.24. The van der Waals surface area contributed by atoms with E-state index in [2.05, 4.69) is 233 Å². The standard InChI is InChI=1S/C86H136NO8P/c1-6-8-10-12-14-16-18-20-22-24-26-28-30-32-34-36-38-40-41-42-43-44-45-47-49-51-53-55-57-59-61-63-65-67-69-71-73-75-77-79-86(89)95-84(83-94-96(90,91)93-81-80-87(3,4)5)82-92-85(88)78-76-74-72-70-68-66-64-62-60-58-56-54-52-50-48-46-39-37-35-33-31-29-27-25-23-21-19-17-15-13-11-9-7-2/h8-11,14-17,20-23,26-29,32-35,38-40,42-43,45-47,51,53,57,59,63,65,69,71,84H,6-7,12-13,18-19,24-25,30-31,36-37,41,44,48-50,52,54-56,58,60-62,64,66-68,70,72-83H2,1-5H3/p+1/b10-8-,11-9-,16-14-,17-15-,22-20-,23-21-,28-26-,29-27-,34-32-,35-33-,40-38-,43-42-,46-39-,47-45-,53-51-,59-57-,65-63-,71-69-. The molecule has 0 aromatic rings. The number of carbonyl (C=O) groups excluding carboxylic acids is 2. The van der Waals surface area contributed by atoms with E-state index in [-0.39, 0.29) is 32.0 Å². The fraction of sp³-hybridized carbons (Fsp3) is 0.558. The van der Waals surface area contributed by atoms with Crippen LogP contribution in [0.5, 0.6) is 0 Å². The van der Waals surface area contributed by atoms with Gasteiger partial charge in [0.25, 0.3) is 0 Å². The summed E-state index contributed by atoms with van der Waals surface area (Å²) in [4.78, 5) is 35.9. The number of phosphoric acid groups is 1. The molecule has 0 aliphatic heterocycles. The molecule has 0 rings (SSSR count). The Morgan fingerprint density at radius 3 is 0.854 bits per heavy atom. The number of allylic oxidation sites excluding steroid dienone is 36. The molecule has 1 N–H and O–H groups in total. The van der Waals surface area contributed by atoms with Crippen molar-refractivity contribution in [2.45, 2.75) is 264 Å². The Morgan fingerprint density at radius 2 is 0.562 bits per heavy atom. The third-order valence-electron chi connectivity index (χ3n) is 15.0. The normalized spacial score (nSPS) is 14.4. The second-order valence-corrected chi connectivity index (χ2v) is 26.7. The second-order valence-electron chi connectivity index (χ2n) is 25.2. The Labute approximate surface area is 588 Å². The summed E-state index contributed by atoms with van der Waals surface area (Å²) < 4.78 is 34.7. The molecule has 0 heterocycles. The van der Waals surface area contributed by atoms with Crippen molar-refractivity contribution in [3.05, 3.63) is 219 Å². The Hall–Kier alpha value is -5.67. The van der Waals surface area contributed by atoms with Gasteiger partial charge in [0.15, 0.2) is 6.10 Å². The number of phosphoric ester groups is 1. The first-order chi connectivity index (χ1) is 47.0. The molecule has 0 aliphatic rings. The van der Waals surface area contributed by atoms with Crippen LogP contribution in [0, 0.1) is 0 Å². The summed E-state index contributed by atoms with van der Waals surface area (Å²) in [5.74, 6) is -0.863. The maximum absolute atomic E-state index is 12.9. The topological polar surface area (TPSA) is 108 Å². The van der Waals surface area contributed by atoms with E-state index >= 15 is 0 Å². The van der Waals surface area contributed by atoms with Gasteiger partial charge in [-0.15, -0.1) is 0 Å². The number of nitrogens with zero attached hydrogens (tertiary/aromatic N) is 1. The van der Waals surface area contributed by atoms with Gasteiger partial charge in [-0.3, -0.25) is 18.6 Å². The predicted octanol–water partition coefficient (Wildman–Crippen LogP) is 25.2. The van der Waals surface area contributed by atoms with Crippen LogP contribution in [0.1, 0.15) is 258 Å². The molecule has 0 radical (unpaired) electrons. The Balaban J connectivity index is 4.19. The molecule has 2 atom stereocenters. The molecule has 2 unspecified atom stereocenters. The monoisotopic (exact) mass is 1340 g/mol. The van der Waals surface area contributed by atoms with Gasteiger partial charge in [-0.1, -0.05) is 310 Å². The number of rotatable bonds is 66. The van der Waals surface area contributed by atoms with Crippen LogP contribution in [-0.2, 0) is 32.7 Å². The molecule has 538 valence electrons. The van der Waals surface area contributed by atoms with Crippen LogP contribution in [0.15, 0.2) is 219 Å². The van der Waals surface area contributed by atoms with Gasteiger partial charge in [0.2, 0.25) is 0 Å². The maximum atomic E-state index is 12.9. The van der Waals surface area contributed by atoms with Gasteiger partial charge < -0.3 is 18.9 Å². The first-order valence-corrected chi connectivity index (χ1v) is 39.0. The highest BCUT2D eigenvalue weighted by Crippen LogP contribution is 2.43. The van der Waals surface area contributed by atoms with Crippen LogP contribution in [0.4, 0.5) is 0 Å². The van der Waals surface area contributed by atoms with Crippen molar-refractivity contribution in [1.82, 2.24) is 0 Å². The minimum Gasteiger partial charge on any atom is -0.462 e. The van der Waals surface area contributed by atoms with E-state index in [4.69, 9.17) is 18.5 Å². The van der Waals surface area contributed by atoms with Crippen molar-refractivity contribution < 1.29 is 42.1 Å². The van der Waals surface area contributed by atoms with Crippen molar-refractivity contribution in [3.8, 4) is 0 Å². The van der Waals surface area contributed by atoms with Gasteiger partial charge in [0, 0.05) is 12.8 Å². The van der Waals surface area contributed by atoms with E-state index in [1.54, 1.807) is 0 Å². The molecular formula is C86H137NO8P+. The van der Waals surface area contributed by atoms with Crippen molar-refractivity contribution >= 4 is 19.8 Å². The van der Waals surface area contributed by atoms with Crippen LogP contribution < -0.4 is 0 Å². The van der Waals surface area contributed by atoms with Gasteiger partial charge in [-0.25, -0.2) is 4.57 Å². The molecule has 96 heavy (non-hydrogen) atoms. The Bertz CT molecular complexity index is 2430. The first-order valence-electron chi connectivity index (χ1n) is 37.5. The van der Waals surface area contributed by atoms with Crippen molar-refractivity contribution in [2.24, 2.45) is 0 Å². The predicted molar refractivity (Wildman–Crippen MR) is 417 cm³/mol. The molecule has 0 saturated heterocycles. The average molecular weight is 1340 g/mol. The SMILES string of the molecule is CC/C=C\C/C=C\C/C=C\C/C=C\C/C=C\C/C=C\C/C=C\C/C=C\C/C=C\C/C=C\C/C=C\C/C=C\CCCCC(=O)OC(COC(=O)CCCCCCCCCCCCCCCC/C=C\C/C=C\C/C=C\C/C=C\C/C=C\C/C=C\CC)COP(=O)(O)OCC[N+](C)(C)C. The largest absolute Gasteiger partial charge is 0.472 e. The Kier molecular flexibility index (Phi) is 69.2. The number of esters is 2. The molecule has 0 saturated carbocycles. The van der Waals surface area contributed by atoms with Crippen molar-refractivity contribution in [1.29, 1.82) is 0 Å². The van der Waals surface area contributed by atoms with E-state index in [1.807, 2.05) is 21.1 Å². The van der Waals surface area contributed by atoms with E-state index in [1.165, 1.54) is 70.6 Å². The quantitative estimate of drug-likeness (QED) is 0.0211. The summed E-state index contributed by atoms with van der Waals surface area (Å²) in [5, 5.41) is 0. The number of ether oxygens (including phenoxy) is 2. The van der Waals surface area contributed by atoms with Crippen molar-refractivity contribution in [2.75, 3.05) is 47.5 Å². The summed E-state index contributed by atoms with van der Waals surface area (Å²) in [6.45, 7) is 4.13. The zero-order valence-corrected chi connectivity index (χ0v) is 62.2. The van der Waals surface area contributed by atoms with Gasteiger partial charge in [-0.2, -0.15) is 0 Å². The van der Waals surface area contributed by atoms with E-state index in [9.17, 15) is 19.0 Å². The third kappa shape index (κ3) is 77.3. The van der Waals surface area contributed by atoms with E-state index in [0.29, 0.717) is 17.4 Å². The van der Waals surface area contributed by atoms with Crippen molar-refractivity contribution in [3.63, 3.8) is 0 Å². The number of hydrogen-bond acceptors (Lipinski definition) is 7. The number of carbonyl (C=O) groups is 2. The first kappa shape index (κ1) is 90.3. The summed E-state index contributed by atoms with van der Waals surface area (Å²) in [6, 6.07) is 0.